The van der Waals surface area contributed by atoms with E-state index in [2.05, 4.69) is 15.2 Å². The van der Waals surface area contributed by atoms with Crippen LogP contribution in [0.3, 0.4) is 0 Å². The summed E-state index contributed by atoms with van der Waals surface area (Å²) in [5, 5.41) is 7.76. The molecule has 0 N–H and O–H groups in total. The van der Waals surface area contributed by atoms with E-state index in [4.69, 9.17) is 0 Å². The molecule has 2 aromatic rings. The molecule has 6 rings (SSSR count). The molecule has 4 fully saturated rings. The Hall–Kier alpha value is -2.73. The molecule has 0 atom stereocenters. The predicted molar refractivity (Wildman–Crippen MR) is 111 cm³/mol. The molecule has 4 heterocycles. The molecule has 4 aliphatic rings. The Morgan fingerprint density at radius 2 is 1.66 bits per heavy atom. The summed E-state index contributed by atoms with van der Waals surface area (Å²) in [6.45, 7) is 4.80. The van der Waals surface area contributed by atoms with E-state index < -0.39 is 18.4 Å². The minimum atomic E-state index is -4.55. The number of rotatable bonds is 4. The van der Waals surface area contributed by atoms with E-state index in [9.17, 15) is 26.7 Å². The molecule has 8 nitrogen and oxygen atoms in total. The van der Waals surface area contributed by atoms with Crippen molar-refractivity contribution >= 4 is 6.03 Å². The first-order chi connectivity index (χ1) is 16.4. The van der Waals surface area contributed by atoms with Crippen LogP contribution in [0.25, 0.3) is 0 Å². The highest BCUT2D eigenvalue weighted by Crippen LogP contribution is 2.56. The van der Waals surface area contributed by atoms with Gasteiger partial charge < -0.3 is 9.80 Å². The minimum Gasteiger partial charge on any atom is -0.323 e. The van der Waals surface area contributed by atoms with Gasteiger partial charge in [0.05, 0.1) is 11.7 Å². The minimum absolute atomic E-state index is 0.0101. The van der Waals surface area contributed by atoms with Crippen molar-refractivity contribution in [3.05, 3.63) is 29.6 Å². The molecule has 2 aliphatic heterocycles. The third-order valence-corrected chi connectivity index (χ3v) is 8.15. The number of amides is 2. The lowest BCUT2D eigenvalue weighted by Crippen LogP contribution is -2.71. The largest absolute Gasteiger partial charge is 0.453 e. The number of hydrogen-bond acceptors (Lipinski definition) is 4. The van der Waals surface area contributed by atoms with Crippen LogP contribution in [0.2, 0.25) is 0 Å². The molecule has 35 heavy (non-hydrogen) atoms. The quantitative estimate of drug-likeness (QED) is 0.599. The normalized spacial score (nSPS) is 23.4. The topological polar surface area (TPSA) is 72.1 Å². The second kappa shape index (κ2) is 7.39. The second-order valence-corrected chi connectivity index (χ2v) is 11.1. The maximum Gasteiger partial charge on any atom is 0.453 e. The number of halogens is 5. The van der Waals surface area contributed by atoms with Crippen LogP contribution in [-0.4, -0.2) is 66.6 Å². The second-order valence-electron chi connectivity index (χ2n) is 11.1. The molecule has 2 saturated heterocycles. The average molecular weight is 499 g/mol. The average Bonchev–Trinajstić information content (AvgIpc) is 3.27. The number of urea groups is 1. The van der Waals surface area contributed by atoms with E-state index in [-0.39, 0.29) is 34.5 Å². The van der Waals surface area contributed by atoms with Gasteiger partial charge in [0.15, 0.2) is 0 Å². The highest BCUT2D eigenvalue weighted by atomic mass is 19.4. The maximum atomic E-state index is 13.2. The van der Waals surface area contributed by atoms with Crippen molar-refractivity contribution in [3.8, 4) is 0 Å². The van der Waals surface area contributed by atoms with Crippen molar-refractivity contribution in [1.29, 1.82) is 0 Å². The molecule has 2 aliphatic carbocycles. The lowest BCUT2D eigenvalue weighted by Gasteiger charge is -2.63. The molecule has 13 heteroatoms. The van der Waals surface area contributed by atoms with Gasteiger partial charge >= 0.3 is 12.2 Å². The van der Waals surface area contributed by atoms with E-state index in [1.54, 1.807) is 6.92 Å². The van der Waals surface area contributed by atoms with Crippen molar-refractivity contribution in [1.82, 2.24) is 34.3 Å². The number of aromatic nitrogens is 5. The Morgan fingerprint density at radius 1 is 1.06 bits per heavy atom. The number of alkyl halides is 5. The number of hydrogen-bond donors (Lipinski definition) is 0. The highest BCUT2D eigenvalue weighted by molar-refractivity contribution is 5.77. The van der Waals surface area contributed by atoms with Crippen LogP contribution < -0.4 is 0 Å². The predicted octanol–water partition coefficient (Wildman–Crippen LogP) is 3.91. The SMILES string of the molecule is Cc1cc(C(F)F)n(CC2CC3(C2)CN(C(=O)N2CC4(CC(n5cnc(C(F)(F)F)n5)C4)C2)C3)n1. The first-order valence-electron chi connectivity index (χ1n) is 11.8. The summed E-state index contributed by atoms with van der Waals surface area (Å²) in [7, 11) is 0. The Morgan fingerprint density at radius 3 is 2.20 bits per heavy atom. The van der Waals surface area contributed by atoms with Gasteiger partial charge in [-0.05, 0) is 44.6 Å². The van der Waals surface area contributed by atoms with Crippen molar-refractivity contribution in [2.24, 2.45) is 16.7 Å². The molecule has 190 valence electrons. The van der Waals surface area contributed by atoms with Crippen LogP contribution in [0.1, 0.15) is 55.4 Å². The Kier molecular flexibility index (Phi) is 4.80. The molecular formula is C22H26F5N7O. The fourth-order valence-electron chi connectivity index (χ4n) is 6.65. The van der Waals surface area contributed by atoms with Crippen molar-refractivity contribution in [2.75, 3.05) is 26.2 Å². The number of aryl methyl sites for hydroxylation is 1. The number of likely N-dealkylation sites (tertiary alicyclic amines) is 2. The van der Waals surface area contributed by atoms with Gasteiger partial charge in [-0.2, -0.15) is 18.3 Å². The monoisotopic (exact) mass is 499 g/mol. The number of carbonyl (C=O) groups is 1. The standard InChI is InChI=1S/C22H26F5N7O/c1-13-2-16(17(23)24)33(29-13)7-14-3-20(4-14)8-31(9-20)19(35)32-10-21(11-32)5-15(6-21)34-12-28-18(30-34)22(25,26)27/h2,12,14-15,17H,3-11H2,1H3. The molecular weight excluding hydrogens is 473 g/mol. The number of nitrogens with zero attached hydrogens (tertiary/aromatic N) is 7. The zero-order chi connectivity index (χ0) is 24.8. The number of carbonyl (C=O) groups excluding carboxylic acids is 1. The van der Waals surface area contributed by atoms with E-state index >= 15 is 0 Å². The fourth-order valence-corrected chi connectivity index (χ4v) is 6.65. The van der Waals surface area contributed by atoms with Crippen LogP contribution >= 0.6 is 0 Å². The molecule has 2 aromatic heterocycles. The summed E-state index contributed by atoms with van der Waals surface area (Å²) >= 11 is 0. The molecule has 2 amide bonds. The zero-order valence-corrected chi connectivity index (χ0v) is 19.2. The smallest absolute Gasteiger partial charge is 0.323 e. The summed E-state index contributed by atoms with van der Waals surface area (Å²) in [5.74, 6) is -0.833. The lowest BCUT2D eigenvalue weighted by molar-refractivity contribution is -0.145. The lowest BCUT2D eigenvalue weighted by atomic mass is 9.57. The third-order valence-electron chi connectivity index (χ3n) is 8.15. The third kappa shape index (κ3) is 3.77. The molecule has 2 spiro atoms. The van der Waals surface area contributed by atoms with E-state index in [0.29, 0.717) is 51.3 Å². The molecule has 0 radical (unpaired) electrons. The zero-order valence-electron chi connectivity index (χ0n) is 19.2. The van der Waals surface area contributed by atoms with Crippen LogP contribution in [0, 0.1) is 23.7 Å². The van der Waals surface area contributed by atoms with Gasteiger partial charge in [0, 0.05) is 43.6 Å². The molecule has 0 bridgehead atoms. The van der Waals surface area contributed by atoms with Crippen LogP contribution in [-0.2, 0) is 12.7 Å². The molecule has 2 saturated carbocycles. The van der Waals surface area contributed by atoms with Crippen LogP contribution in [0.15, 0.2) is 12.4 Å². The van der Waals surface area contributed by atoms with Gasteiger partial charge in [-0.3, -0.25) is 4.68 Å². The Labute approximate surface area is 198 Å². The van der Waals surface area contributed by atoms with Gasteiger partial charge in [0.25, 0.3) is 12.2 Å². The first kappa shape index (κ1) is 22.7. The van der Waals surface area contributed by atoms with E-state index in [1.807, 2.05) is 9.80 Å². The Balaban J connectivity index is 0.940. The maximum absolute atomic E-state index is 13.2. The van der Waals surface area contributed by atoms with Crippen molar-refractivity contribution < 1.29 is 26.7 Å². The van der Waals surface area contributed by atoms with Crippen molar-refractivity contribution in [2.45, 2.75) is 57.8 Å². The van der Waals surface area contributed by atoms with Gasteiger partial charge in [-0.15, -0.1) is 5.10 Å². The van der Waals surface area contributed by atoms with Crippen LogP contribution in [0.4, 0.5) is 26.7 Å². The van der Waals surface area contributed by atoms with Gasteiger partial charge in [0.1, 0.15) is 12.0 Å². The molecule has 0 aromatic carbocycles. The highest BCUT2D eigenvalue weighted by Gasteiger charge is 2.58. The first-order valence-corrected chi connectivity index (χ1v) is 11.8. The summed E-state index contributed by atoms with van der Waals surface area (Å²) < 4.78 is 67.2. The summed E-state index contributed by atoms with van der Waals surface area (Å²) in [6, 6.07) is 1.33. The Bertz CT molecular complexity index is 1130. The summed E-state index contributed by atoms with van der Waals surface area (Å²) in [6.07, 6.45) is -2.76. The summed E-state index contributed by atoms with van der Waals surface area (Å²) in [5.41, 5.74) is 0.621. The van der Waals surface area contributed by atoms with Crippen LogP contribution in [0.5, 0.6) is 0 Å². The van der Waals surface area contributed by atoms with E-state index in [0.717, 1.165) is 19.2 Å². The van der Waals surface area contributed by atoms with Gasteiger partial charge in [-0.1, -0.05) is 0 Å². The molecule has 0 unspecified atom stereocenters. The van der Waals surface area contributed by atoms with Gasteiger partial charge in [-0.25, -0.2) is 23.2 Å². The summed E-state index contributed by atoms with van der Waals surface area (Å²) in [4.78, 5) is 19.8. The van der Waals surface area contributed by atoms with E-state index in [1.165, 1.54) is 15.4 Å². The van der Waals surface area contributed by atoms with Gasteiger partial charge in [0.2, 0.25) is 0 Å². The van der Waals surface area contributed by atoms with Crippen molar-refractivity contribution in [3.63, 3.8) is 0 Å². The fraction of sp³-hybridized carbons (Fsp3) is 0.727.